The van der Waals surface area contributed by atoms with Gasteiger partial charge >= 0.3 is 6.09 Å². The highest BCUT2D eigenvalue weighted by atomic mass is 32.2. The Hall–Kier alpha value is -3.90. The number of rotatable bonds is 8. The Labute approximate surface area is 212 Å². The summed E-state index contributed by atoms with van der Waals surface area (Å²) in [6, 6.07) is 11.9. The van der Waals surface area contributed by atoms with Crippen molar-refractivity contribution >= 4 is 50.0 Å². The second-order valence-electron chi connectivity index (χ2n) is 7.44. The van der Waals surface area contributed by atoms with Gasteiger partial charge in [-0.3, -0.25) is 19.6 Å². The zero-order chi connectivity index (χ0) is 26.5. The molecule has 3 N–H and O–H groups in total. The van der Waals surface area contributed by atoms with Crippen molar-refractivity contribution in [1.29, 1.82) is 0 Å². The number of hydrogen-bond donors (Lipinski definition) is 3. The van der Waals surface area contributed by atoms with Crippen molar-refractivity contribution < 1.29 is 32.3 Å². The number of amides is 3. The number of sulfonamides is 1. The summed E-state index contributed by atoms with van der Waals surface area (Å²) in [5.41, 5.74) is 0.796. The van der Waals surface area contributed by atoms with Crippen molar-refractivity contribution in [2.45, 2.75) is 25.7 Å². The van der Waals surface area contributed by atoms with Crippen molar-refractivity contribution in [3.8, 4) is 5.75 Å². The van der Waals surface area contributed by atoms with E-state index in [1.165, 1.54) is 43.5 Å². The number of benzene rings is 2. The zero-order valence-corrected chi connectivity index (χ0v) is 21.6. The first kappa shape index (κ1) is 26.7. The van der Waals surface area contributed by atoms with E-state index in [0.717, 1.165) is 16.2 Å². The summed E-state index contributed by atoms with van der Waals surface area (Å²) in [6.07, 6.45) is -0.902. The number of alkyl carbamates (subject to hydrolysis) is 1. The number of thiophene rings is 1. The third kappa shape index (κ3) is 6.01. The lowest BCUT2D eigenvalue weighted by molar-refractivity contribution is 0.0925. The van der Waals surface area contributed by atoms with Gasteiger partial charge in [0.05, 0.1) is 35.4 Å². The van der Waals surface area contributed by atoms with Crippen LogP contribution in [0.5, 0.6) is 5.75 Å². The molecule has 190 valence electrons. The van der Waals surface area contributed by atoms with E-state index in [1.807, 2.05) is 0 Å². The molecule has 0 aliphatic heterocycles. The molecule has 0 spiro atoms. The Morgan fingerprint density at radius 3 is 2.28 bits per heavy atom. The van der Waals surface area contributed by atoms with Gasteiger partial charge in [0.2, 0.25) is 0 Å². The van der Waals surface area contributed by atoms with Crippen LogP contribution in [0.15, 0.2) is 53.4 Å². The van der Waals surface area contributed by atoms with Crippen LogP contribution in [-0.4, -0.2) is 40.0 Å². The number of anilines is 2. The van der Waals surface area contributed by atoms with E-state index in [1.54, 1.807) is 32.9 Å². The fraction of sp³-hybridized carbons (Fsp3) is 0.208. The van der Waals surface area contributed by atoms with Gasteiger partial charge in [0.15, 0.2) is 0 Å². The largest absolute Gasteiger partial charge is 0.497 e. The summed E-state index contributed by atoms with van der Waals surface area (Å²) in [5, 5.41) is 5.01. The SMILES string of the molecule is CCOC(=O)NC(=O)c1c(NC(=O)c2ccccc2NS(=O)(=O)c2ccc(OC)cc2)sc(C)c1C. The summed E-state index contributed by atoms with van der Waals surface area (Å²) >= 11 is 1.16. The lowest BCUT2D eigenvalue weighted by atomic mass is 10.1. The van der Waals surface area contributed by atoms with E-state index in [4.69, 9.17) is 9.47 Å². The van der Waals surface area contributed by atoms with Gasteiger partial charge in [-0.1, -0.05) is 12.1 Å². The van der Waals surface area contributed by atoms with Crippen LogP contribution in [-0.2, 0) is 14.8 Å². The van der Waals surface area contributed by atoms with E-state index < -0.39 is 27.9 Å². The summed E-state index contributed by atoms with van der Waals surface area (Å²) in [7, 11) is -2.54. The van der Waals surface area contributed by atoms with Crippen LogP contribution < -0.4 is 20.1 Å². The number of carbonyl (C=O) groups is 3. The first-order valence-electron chi connectivity index (χ1n) is 10.7. The summed E-state index contributed by atoms with van der Waals surface area (Å²) in [6.45, 7) is 5.16. The minimum absolute atomic E-state index is 0.0130. The molecule has 0 bridgehead atoms. The van der Waals surface area contributed by atoms with Gasteiger partial charge in [0.25, 0.3) is 21.8 Å². The number of carbonyl (C=O) groups excluding carboxylic acids is 3. The van der Waals surface area contributed by atoms with Gasteiger partial charge in [-0.05, 0) is 62.7 Å². The quantitative estimate of drug-likeness (QED) is 0.393. The maximum absolute atomic E-state index is 13.2. The van der Waals surface area contributed by atoms with Crippen LogP contribution in [0.25, 0.3) is 0 Å². The summed E-state index contributed by atoms with van der Waals surface area (Å²) in [5.74, 6) is -0.869. The highest BCUT2D eigenvalue weighted by Gasteiger charge is 2.25. The van der Waals surface area contributed by atoms with Gasteiger partial charge < -0.3 is 14.8 Å². The third-order valence-electron chi connectivity index (χ3n) is 5.12. The van der Waals surface area contributed by atoms with Crippen molar-refractivity contribution in [2.75, 3.05) is 23.8 Å². The molecule has 0 aliphatic rings. The number of hydrogen-bond acceptors (Lipinski definition) is 8. The Bertz CT molecular complexity index is 1400. The normalized spacial score (nSPS) is 10.9. The molecule has 0 unspecified atom stereocenters. The fourth-order valence-corrected chi connectivity index (χ4v) is 5.34. The van der Waals surface area contributed by atoms with Crippen LogP contribution >= 0.6 is 11.3 Å². The Kier molecular flexibility index (Phi) is 8.33. The van der Waals surface area contributed by atoms with Crippen molar-refractivity contribution in [1.82, 2.24) is 5.32 Å². The Morgan fingerprint density at radius 1 is 0.972 bits per heavy atom. The number of imide groups is 1. The van der Waals surface area contributed by atoms with Crippen LogP contribution in [0, 0.1) is 13.8 Å². The predicted octanol–water partition coefficient (Wildman–Crippen LogP) is 4.31. The molecule has 1 aromatic heterocycles. The van der Waals surface area contributed by atoms with Gasteiger partial charge in [0.1, 0.15) is 10.8 Å². The monoisotopic (exact) mass is 531 g/mol. The number of para-hydroxylation sites is 1. The van der Waals surface area contributed by atoms with Crippen molar-refractivity contribution in [3.05, 3.63) is 70.1 Å². The van der Waals surface area contributed by atoms with Crippen molar-refractivity contribution in [3.63, 3.8) is 0 Å². The molecule has 3 amide bonds. The highest BCUT2D eigenvalue weighted by molar-refractivity contribution is 7.92. The first-order chi connectivity index (χ1) is 17.1. The first-order valence-corrected chi connectivity index (χ1v) is 13.0. The molecule has 3 rings (SSSR count). The number of aryl methyl sites for hydroxylation is 1. The predicted molar refractivity (Wildman–Crippen MR) is 136 cm³/mol. The van der Waals surface area contributed by atoms with E-state index in [-0.39, 0.29) is 33.3 Å². The second kappa shape index (κ2) is 11.2. The van der Waals surface area contributed by atoms with Gasteiger partial charge in [0, 0.05) is 4.88 Å². The fourth-order valence-electron chi connectivity index (χ4n) is 3.21. The van der Waals surface area contributed by atoms with E-state index in [9.17, 15) is 22.8 Å². The average Bonchev–Trinajstić information content (AvgIpc) is 3.11. The number of methoxy groups -OCH3 is 1. The minimum atomic E-state index is -4.01. The van der Waals surface area contributed by atoms with Crippen molar-refractivity contribution in [2.24, 2.45) is 0 Å². The lowest BCUT2D eigenvalue weighted by Crippen LogP contribution is -2.32. The molecule has 36 heavy (non-hydrogen) atoms. The topological polar surface area (TPSA) is 140 Å². The van der Waals surface area contributed by atoms with Gasteiger partial charge in [-0.15, -0.1) is 11.3 Å². The molecule has 2 aromatic carbocycles. The zero-order valence-electron chi connectivity index (χ0n) is 20.0. The smallest absolute Gasteiger partial charge is 0.414 e. The van der Waals surface area contributed by atoms with Gasteiger partial charge in [-0.2, -0.15) is 0 Å². The number of nitrogens with one attached hydrogen (secondary N) is 3. The average molecular weight is 532 g/mol. The maximum atomic E-state index is 13.2. The molecule has 0 atom stereocenters. The van der Waals surface area contributed by atoms with E-state index in [0.29, 0.717) is 11.3 Å². The highest BCUT2D eigenvalue weighted by Crippen LogP contribution is 2.33. The molecule has 0 radical (unpaired) electrons. The molecule has 10 nitrogen and oxygen atoms in total. The summed E-state index contributed by atoms with van der Waals surface area (Å²) < 4.78 is 38.1. The van der Waals surface area contributed by atoms with Crippen LogP contribution in [0.1, 0.15) is 38.1 Å². The molecular weight excluding hydrogens is 506 g/mol. The Balaban J connectivity index is 1.88. The maximum Gasteiger partial charge on any atom is 0.414 e. The minimum Gasteiger partial charge on any atom is -0.497 e. The molecule has 0 saturated carbocycles. The number of ether oxygens (including phenoxy) is 2. The Morgan fingerprint density at radius 2 is 1.64 bits per heavy atom. The molecule has 0 aliphatic carbocycles. The van der Waals surface area contributed by atoms with Crippen LogP contribution in [0.2, 0.25) is 0 Å². The molecule has 0 saturated heterocycles. The second-order valence-corrected chi connectivity index (χ2v) is 10.3. The molecule has 0 fully saturated rings. The molecule has 3 aromatic rings. The van der Waals surface area contributed by atoms with E-state index in [2.05, 4.69) is 15.4 Å². The molecule has 12 heteroatoms. The van der Waals surface area contributed by atoms with Gasteiger partial charge in [-0.25, -0.2) is 13.2 Å². The third-order valence-corrected chi connectivity index (χ3v) is 7.62. The molecular formula is C24H25N3O7S2. The van der Waals surface area contributed by atoms with Crippen LogP contribution in [0.4, 0.5) is 15.5 Å². The lowest BCUT2D eigenvalue weighted by Gasteiger charge is -2.13. The summed E-state index contributed by atoms with van der Waals surface area (Å²) in [4.78, 5) is 38.3. The molecule has 1 heterocycles. The standard InChI is InChI=1S/C24H25N3O7S2/c1-5-34-24(30)26-22(29)20-14(2)15(3)35-23(20)25-21(28)18-8-6-7-9-19(18)27-36(31,32)17-12-10-16(33-4)11-13-17/h6-13,27H,5H2,1-4H3,(H,25,28)(H,26,29,30). The van der Waals surface area contributed by atoms with E-state index >= 15 is 0 Å². The van der Waals surface area contributed by atoms with Crippen LogP contribution in [0.3, 0.4) is 0 Å².